The van der Waals surface area contributed by atoms with Crippen LogP contribution in [0.4, 0.5) is 8.78 Å². The van der Waals surface area contributed by atoms with Crippen molar-refractivity contribution in [1.29, 1.82) is 0 Å². The second-order valence-corrected chi connectivity index (χ2v) is 8.44. The van der Waals surface area contributed by atoms with Crippen molar-refractivity contribution in [3.63, 3.8) is 0 Å². The molecule has 184 valence electrons. The Kier molecular flexibility index (Phi) is 10.5. The van der Waals surface area contributed by atoms with Crippen molar-refractivity contribution in [2.45, 2.75) is 46.1 Å². The third-order valence-corrected chi connectivity index (χ3v) is 5.84. The summed E-state index contributed by atoms with van der Waals surface area (Å²) in [6.07, 6.45) is 1.22. The first-order valence-electron chi connectivity index (χ1n) is 11.7. The maximum absolute atomic E-state index is 13.9. The second kappa shape index (κ2) is 13.0. The molecule has 0 aliphatic rings. The molecule has 0 heterocycles. The predicted molar refractivity (Wildman–Crippen MR) is 137 cm³/mol. The van der Waals surface area contributed by atoms with Crippen LogP contribution in [-0.2, 0) is 18.9 Å². The van der Waals surface area contributed by atoms with Crippen molar-refractivity contribution >= 4 is 6.72 Å². The minimum atomic E-state index is -2.88. The van der Waals surface area contributed by atoms with Gasteiger partial charge < -0.3 is 14.9 Å². The number of hydrogen-bond acceptors (Lipinski definition) is 4. The van der Waals surface area contributed by atoms with Gasteiger partial charge in [0.15, 0.2) is 0 Å². The standard InChI is InChI=1S/C28H37F2N3O/c1-6-32(17-11-19-34)23(3)27(22(2)31-5)33(21-25-12-8-7-9-13-25)18-16-24-14-10-15-26(20-24)28(4,29)30/h7-10,12-15,20,34H,3,5-6,11,16-19,21H2,1-2,4H3/b27-22-. The number of benzene rings is 2. The maximum atomic E-state index is 13.9. The molecule has 1 N–H and O–H groups in total. The van der Waals surface area contributed by atoms with Crippen LogP contribution in [0.1, 0.15) is 43.9 Å². The van der Waals surface area contributed by atoms with Crippen LogP contribution in [0.15, 0.2) is 83.3 Å². The largest absolute Gasteiger partial charge is 0.396 e. The van der Waals surface area contributed by atoms with Gasteiger partial charge >= 0.3 is 0 Å². The number of likely N-dealkylation sites (N-methyl/N-ethyl adjacent to an activating group) is 1. The van der Waals surface area contributed by atoms with Gasteiger partial charge in [-0.05, 0) is 50.6 Å². The lowest BCUT2D eigenvalue weighted by Gasteiger charge is -2.35. The number of aliphatic hydroxyl groups excluding tert-OH is 1. The summed E-state index contributed by atoms with van der Waals surface area (Å²) in [5.74, 6) is -2.88. The lowest BCUT2D eigenvalue weighted by molar-refractivity contribution is 0.0174. The number of hydrogen-bond donors (Lipinski definition) is 1. The van der Waals surface area contributed by atoms with Crippen molar-refractivity contribution in [2.24, 2.45) is 4.99 Å². The molecule has 0 aliphatic heterocycles. The van der Waals surface area contributed by atoms with Crippen molar-refractivity contribution in [3.05, 3.63) is 95.0 Å². The van der Waals surface area contributed by atoms with Gasteiger partial charge in [0.25, 0.3) is 5.92 Å². The van der Waals surface area contributed by atoms with Gasteiger partial charge in [-0.1, -0.05) is 55.1 Å². The fraction of sp³-hybridized carbons (Fsp3) is 0.393. The van der Waals surface area contributed by atoms with Gasteiger partial charge in [0.1, 0.15) is 0 Å². The molecular formula is C28H37F2N3O. The summed E-state index contributed by atoms with van der Waals surface area (Å²) in [4.78, 5) is 8.54. The summed E-state index contributed by atoms with van der Waals surface area (Å²) in [6.45, 7) is 15.7. The molecule has 4 nitrogen and oxygen atoms in total. The summed E-state index contributed by atoms with van der Waals surface area (Å²) in [6, 6.07) is 16.7. The first-order valence-corrected chi connectivity index (χ1v) is 11.7. The number of rotatable bonds is 14. The molecule has 0 bridgehead atoms. The molecule has 2 aromatic carbocycles. The highest BCUT2D eigenvalue weighted by molar-refractivity contribution is 5.37. The van der Waals surface area contributed by atoms with E-state index in [1.165, 1.54) is 6.07 Å². The van der Waals surface area contributed by atoms with Crippen LogP contribution in [0.25, 0.3) is 0 Å². The van der Waals surface area contributed by atoms with Gasteiger partial charge in [0.2, 0.25) is 0 Å². The first-order chi connectivity index (χ1) is 16.2. The molecule has 34 heavy (non-hydrogen) atoms. The number of aliphatic imine (C=N–C) groups is 1. The third kappa shape index (κ3) is 7.80. The van der Waals surface area contributed by atoms with Crippen molar-refractivity contribution in [2.75, 3.05) is 26.2 Å². The van der Waals surface area contributed by atoms with Gasteiger partial charge in [0.05, 0.1) is 17.1 Å². The molecule has 0 spiro atoms. The fourth-order valence-electron chi connectivity index (χ4n) is 3.93. The van der Waals surface area contributed by atoms with E-state index >= 15 is 0 Å². The molecule has 0 amide bonds. The average Bonchev–Trinajstić information content (AvgIpc) is 2.83. The highest BCUT2D eigenvalue weighted by Crippen LogP contribution is 2.28. The van der Waals surface area contributed by atoms with Crippen LogP contribution in [0.3, 0.4) is 0 Å². The van der Waals surface area contributed by atoms with Crippen LogP contribution in [0.2, 0.25) is 0 Å². The van der Waals surface area contributed by atoms with Crippen LogP contribution < -0.4 is 0 Å². The molecule has 2 aromatic rings. The zero-order valence-corrected chi connectivity index (χ0v) is 20.6. The quantitative estimate of drug-likeness (QED) is 0.273. The lowest BCUT2D eigenvalue weighted by atomic mass is 10.0. The van der Waals surface area contributed by atoms with Gasteiger partial charge in [-0.25, -0.2) is 8.78 Å². The Balaban J connectivity index is 2.40. The number of allylic oxidation sites excluding steroid dienone is 1. The Morgan fingerprint density at radius 2 is 1.71 bits per heavy atom. The van der Waals surface area contributed by atoms with Gasteiger partial charge in [-0.15, -0.1) is 0 Å². The Hall–Kier alpha value is -2.99. The predicted octanol–water partition coefficient (Wildman–Crippen LogP) is 5.99. The molecule has 0 radical (unpaired) electrons. The van der Waals surface area contributed by atoms with E-state index in [0.29, 0.717) is 32.5 Å². The lowest BCUT2D eigenvalue weighted by Crippen LogP contribution is -2.34. The molecule has 2 rings (SSSR count). The molecule has 0 saturated carbocycles. The van der Waals surface area contributed by atoms with Crippen molar-refractivity contribution in [3.8, 4) is 0 Å². The Morgan fingerprint density at radius 1 is 1.03 bits per heavy atom. The molecule has 0 atom stereocenters. The van der Waals surface area contributed by atoms with Crippen LogP contribution in [0.5, 0.6) is 0 Å². The minimum Gasteiger partial charge on any atom is -0.396 e. The number of halogens is 2. The highest BCUT2D eigenvalue weighted by atomic mass is 19.3. The summed E-state index contributed by atoms with van der Waals surface area (Å²) in [5.41, 5.74) is 4.42. The van der Waals surface area contributed by atoms with E-state index in [1.54, 1.807) is 12.1 Å². The van der Waals surface area contributed by atoms with Crippen LogP contribution in [0, 0.1) is 0 Å². The van der Waals surface area contributed by atoms with E-state index in [1.807, 2.05) is 31.2 Å². The molecular weight excluding hydrogens is 432 g/mol. The van der Waals surface area contributed by atoms with Gasteiger partial charge in [-0.3, -0.25) is 4.99 Å². The average molecular weight is 470 g/mol. The van der Waals surface area contributed by atoms with E-state index in [9.17, 15) is 13.9 Å². The topological polar surface area (TPSA) is 39.1 Å². The Morgan fingerprint density at radius 3 is 2.29 bits per heavy atom. The van der Waals surface area contributed by atoms with E-state index in [4.69, 9.17) is 0 Å². The van der Waals surface area contributed by atoms with E-state index < -0.39 is 5.92 Å². The number of aliphatic hydroxyl groups is 1. The van der Waals surface area contributed by atoms with Gasteiger partial charge in [0, 0.05) is 45.3 Å². The Bertz CT molecular complexity index is 967. The van der Waals surface area contributed by atoms with Crippen molar-refractivity contribution < 1.29 is 13.9 Å². The number of alkyl halides is 2. The van der Waals surface area contributed by atoms with Gasteiger partial charge in [-0.2, -0.15) is 0 Å². The summed E-state index contributed by atoms with van der Waals surface area (Å²) < 4.78 is 27.7. The van der Waals surface area contributed by atoms with E-state index in [2.05, 4.69) is 47.1 Å². The first kappa shape index (κ1) is 27.3. The molecule has 0 aliphatic carbocycles. The normalized spacial score (nSPS) is 12.2. The smallest absolute Gasteiger partial charge is 0.270 e. The monoisotopic (exact) mass is 469 g/mol. The fourth-order valence-corrected chi connectivity index (χ4v) is 3.93. The maximum Gasteiger partial charge on any atom is 0.270 e. The molecule has 6 heteroatoms. The second-order valence-electron chi connectivity index (χ2n) is 8.44. The zero-order chi connectivity index (χ0) is 25.1. The highest BCUT2D eigenvalue weighted by Gasteiger charge is 2.24. The van der Waals surface area contributed by atoms with E-state index in [-0.39, 0.29) is 12.2 Å². The summed E-state index contributed by atoms with van der Waals surface area (Å²) >= 11 is 0. The zero-order valence-electron chi connectivity index (χ0n) is 20.6. The van der Waals surface area contributed by atoms with Crippen LogP contribution >= 0.6 is 0 Å². The molecule has 0 fully saturated rings. The van der Waals surface area contributed by atoms with Crippen LogP contribution in [-0.4, -0.2) is 47.9 Å². The van der Waals surface area contributed by atoms with E-state index in [0.717, 1.165) is 41.7 Å². The third-order valence-electron chi connectivity index (χ3n) is 5.84. The molecule has 0 unspecified atom stereocenters. The minimum absolute atomic E-state index is 0.0184. The van der Waals surface area contributed by atoms with Crippen molar-refractivity contribution in [1.82, 2.24) is 9.80 Å². The summed E-state index contributed by atoms with van der Waals surface area (Å²) in [7, 11) is 0. The molecule has 0 saturated heterocycles. The number of nitrogens with zero attached hydrogens (tertiary/aromatic N) is 3. The Labute approximate surface area is 202 Å². The molecule has 0 aromatic heterocycles. The SMILES string of the molecule is C=N/C(C)=C(/C(=C)N(CC)CCCO)N(CCc1cccc(C(C)(F)F)c1)Cc1ccccc1. The summed E-state index contributed by atoms with van der Waals surface area (Å²) in [5, 5.41) is 9.32.